The molecule has 2 heterocycles. The Hall–Kier alpha value is -0.490. The largest absolute Gasteiger partial charge is 0.361 e. The SMILES string of the molecule is CN1CCN(C(=O)[C@@H]2C[C@H](S)CN2C)CC1.O=S(=O)(O)C(F)F. The molecule has 0 aromatic carbocycles. The number of alkyl halides is 2. The number of thiol groups is 1. The maximum atomic E-state index is 12.3. The molecule has 11 heteroatoms. The van der Waals surface area contributed by atoms with Crippen LogP contribution in [-0.2, 0) is 14.9 Å². The Kier molecular flexibility index (Phi) is 7.65. The minimum atomic E-state index is -5.07. The molecule has 2 atom stereocenters. The highest BCUT2D eigenvalue weighted by Gasteiger charge is 2.35. The lowest BCUT2D eigenvalue weighted by Gasteiger charge is -2.35. The Bertz CT molecular complexity index is 499. The van der Waals surface area contributed by atoms with Gasteiger partial charge in [0.05, 0.1) is 6.04 Å². The fourth-order valence-corrected chi connectivity index (χ4v) is 2.96. The van der Waals surface area contributed by atoms with Crippen molar-refractivity contribution in [3.8, 4) is 0 Å². The van der Waals surface area contributed by atoms with Crippen LogP contribution in [0.5, 0.6) is 0 Å². The van der Waals surface area contributed by atoms with Crippen molar-refractivity contribution in [3.05, 3.63) is 0 Å². The van der Waals surface area contributed by atoms with Gasteiger partial charge in [0.1, 0.15) is 0 Å². The Morgan fingerprint density at radius 1 is 1.22 bits per heavy atom. The molecule has 136 valence electrons. The number of likely N-dealkylation sites (tertiary alicyclic amines) is 1. The van der Waals surface area contributed by atoms with Gasteiger partial charge in [0.15, 0.2) is 0 Å². The second kappa shape index (κ2) is 8.56. The quantitative estimate of drug-likeness (QED) is 0.517. The standard InChI is InChI=1S/C11H21N3OS.CH2F2O3S/c1-12-3-5-14(6-4-12)11(15)10-7-9(16)8-13(10)2;2-1(3)7(4,5)6/h9-10,16H,3-8H2,1-2H3;1H,(H,4,5,6)/t9-,10-;/m0./s1. The minimum Gasteiger partial charge on any atom is -0.339 e. The molecule has 0 radical (unpaired) electrons. The molecule has 0 aromatic rings. The van der Waals surface area contributed by atoms with Crippen LogP contribution in [0.2, 0.25) is 0 Å². The van der Waals surface area contributed by atoms with Gasteiger partial charge >= 0.3 is 15.9 Å². The number of nitrogens with zero attached hydrogens (tertiary/aromatic N) is 3. The Morgan fingerprint density at radius 3 is 2.04 bits per heavy atom. The molecule has 2 fully saturated rings. The van der Waals surface area contributed by atoms with Crippen LogP contribution in [0.1, 0.15) is 6.42 Å². The number of hydrogen-bond donors (Lipinski definition) is 2. The van der Waals surface area contributed by atoms with E-state index in [1.165, 1.54) is 0 Å². The van der Waals surface area contributed by atoms with Gasteiger partial charge in [-0.05, 0) is 20.5 Å². The molecule has 0 bridgehead atoms. The summed E-state index contributed by atoms with van der Waals surface area (Å²) in [4.78, 5) is 18.7. The van der Waals surface area contributed by atoms with Crippen LogP contribution in [0.25, 0.3) is 0 Å². The van der Waals surface area contributed by atoms with E-state index >= 15 is 0 Å². The summed E-state index contributed by atoms with van der Waals surface area (Å²) in [6.07, 6.45) is 0.894. The number of likely N-dealkylation sites (N-methyl/N-ethyl adjacent to an activating group) is 2. The zero-order chi connectivity index (χ0) is 17.8. The molecule has 0 unspecified atom stereocenters. The van der Waals surface area contributed by atoms with Crippen molar-refractivity contribution in [1.82, 2.24) is 14.7 Å². The average molecular weight is 375 g/mol. The van der Waals surface area contributed by atoms with Crippen LogP contribution < -0.4 is 0 Å². The third-order valence-corrected chi connectivity index (χ3v) is 4.68. The summed E-state index contributed by atoms with van der Waals surface area (Å²) in [5.74, 6) is -3.38. The Morgan fingerprint density at radius 2 is 1.70 bits per heavy atom. The van der Waals surface area contributed by atoms with Crippen molar-refractivity contribution in [2.24, 2.45) is 0 Å². The number of rotatable bonds is 2. The number of halogens is 2. The minimum absolute atomic E-state index is 0.0610. The van der Waals surface area contributed by atoms with Gasteiger partial charge < -0.3 is 9.80 Å². The van der Waals surface area contributed by atoms with Gasteiger partial charge in [-0.25, -0.2) is 0 Å². The zero-order valence-electron chi connectivity index (χ0n) is 13.1. The highest BCUT2D eigenvalue weighted by atomic mass is 32.2. The number of carbonyl (C=O) groups excluding carboxylic acids is 1. The predicted octanol–water partition coefficient (Wildman–Crippen LogP) is -0.140. The summed E-state index contributed by atoms with van der Waals surface area (Å²) in [6.45, 7) is 4.65. The van der Waals surface area contributed by atoms with Gasteiger partial charge in [-0.15, -0.1) is 0 Å². The van der Waals surface area contributed by atoms with E-state index in [0.29, 0.717) is 11.2 Å². The van der Waals surface area contributed by atoms with Crippen molar-refractivity contribution in [3.63, 3.8) is 0 Å². The van der Waals surface area contributed by atoms with Crippen LogP contribution in [-0.4, -0.2) is 97.4 Å². The first-order valence-electron chi connectivity index (χ1n) is 7.12. The molecular formula is C12H23F2N3O4S2. The summed E-state index contributed by atoms with van der Waals surface area (Å²) in [7, 11) is -0.947. The van der Waals surface area contributed by atoms with Gasteiger partial charge in [-0.1, -0.05) is 0 Å². The van der Waals surface area contributed by atoms with E-state index in [9.17, 15) is 13.6 Å². The summed E-state index contributed by atoms with van der Waals surface area (Å²) >= 11 is 4.46. The lowest BCUT2D eigenvalue weighted by molar-refractivity contribution is -0.137. The fraction of sp³-hybridized carbons (Fsp3) is 0.917. The topological polar surface area (TPSA) is 81.2 Å². The van der Waals surface area contributed by atoms with Crippen molar-refractivity contribution in [1.29, 1.82) is 0 Å². The number of carbonyl (C=O) groups is 1. The normalized spacial score (nSPS) is 27.0. The fourth-order valence-electron chi connectivity index (χ4n) is 2.50. The Balaban J connectivity index is 0.000000322. The molecule has 7 nitrogen and oxygen atoms in total. The van der Waals surface area contributed by atoms with Crippen LogP contribution in [0, 0.1) is 0 Å². The molecule has 1 N–H and O–H groups in total. The molecule has 2 saturated heterocycles. The number of hydrogen-bond acceptors (Lipinski definition) is 6. The van der Waals surface area contributed by atoms with E-state index in [-0.39, 0.29) is 6.04 Å². The van der Waals surface area contributed by atoms with Crippen molar-refractivity contribution >= 4 is 28.7 Å². The van der Waals surface area contributed by atoms with E-state index in [1.54, 1.807) is 0 Å². The van der Waals surface area contributed by atoms with Crippen LogP contribution in [0.4, 0.5) is 8.78 Å². The third kappa shape index (κ3) is 6.49. The van der Waals surface area contributed by atoms with E-state index in [1.807, 2.05) is 11.9 Å². The molecule has 0 aliphatic carbocycles. The summed E-state index contributed by atoms with van der Waals surface area (Å²) in [6, 6.07) is 0.0610. The van der Waals surface area contributed by atoms with Crippen molar-refractivity contribution in [2.75, 3.05) is 46.8 Å². The van der Waals surface area contributed by atoms with Crippen LogP contribution in [0.3, 0.4) is 0 Å². The first-order valence-corrected chi connectivity index (χ1v) is 9.14. The lowest BCUT2D eigenvalue weighted by atomic mass is 10.1. The summed E-state index contributed by atoms with van der Waals surface area (Å²) in [5, 5.41) is 0.353. The number of piperazine rings is 1. The molecule has 0 spiro atoms. The lowest BCUT2D eigenvalue weighted by Crippen LogP contribution is -2.52. The zero-order valence-corrected chi connectivity index (χ0v) is 14.8. The molecule has 0 aromatic heterocycles. The summed E-state index contributed by atoms with van der Waals surface area (Å²) in [5.41, 5.74) is 0. The summed E-state index contributed by atoms with van der Waals surface area (Å²) < 4.78 is 47.0. The highest BCUT2D eigenvalue weighted by molar-refractivity contribution is 7.86. The van der Waals surface area contributed by atoms with Gasteiger partial charge in [-0.2, -0.15) is 29.8 Å². The maximum absolute atomic E-state index is 12.3. The molecule has 2 aliphatic heterocycles. The average Bonchev–Trinajstić information content (AvgIpc) is 2.77. The Labute approximate surface area is 140 Å². The van der Waals surface area contributed by atoms with E-state index < -0.39 is 15.9 Å². The van der Waals surface area contributed by atoms with Crippen molar-refractivity contribution in [2.45, 2.75) is 23.5 Å². The van der Waals surface area contributed by atoms with Gasteiger partial charge in [0, 0.05) is 38.0 Å². The van der Waals surface area contributed by atoms with Gasteiger partial charge in [0.2, 0.25) is 5.91 Å². The highest BCUT2D eigenvalue weighted by Crippen LogP contribution is 2.22. The second-order valence-corrected chi connectivity index (χ2v) is 7.87. The molecular weight excluding hydrogens is 352 g/mol. The predicted molar refractivity (Wildman–Crippen MR) is 85.4 cm³/mol. The first-order chi connectivity index (χ1) is 10.5. The third-order valence-electron chi connectivity index (χ3n) is 3.85. The maximum Gasteiger partial charge on any atom is 0.361 e. The second-order valence-electron chi connectivity index (χ2n) is 5.75. The monoisotopic (exact) mass is 375 g/mol. The van der Waals surface area contributed by atoms with Crippen LogP contribution >= 0.6 is 12.6 Å². The van der Waals surface area contributed by atoms with Gasteiger partial charge in [0.25, 0.3) is 0 Å². The smallest absolute Gasteiger partial charge is 0.339 e. The molecule has 0 saturated carbocycles. The van der Waals surface area contributed by atoms with E-state index in [2.05, 4.69) is 29.5 Å². The van der Waals surface area contributed by atoms with Crippen LogP contribution in [0.15, 0.2) is 0 Å². The van der Waals surface area contributed by atoms with Crippen molar-refractivity contribution < 1.29 is 26.5 Å². The molecule has 1 amide bonds. The van der Waals surface area contributed by atoms with E-state index in [0.717, 1.165) is 39.1 Å². The number of amides is 1. The first kappa shape index (κ1) is 20.6. The molecule has 2 aliphatic rings. The molecule has 2 rings (SSSR count). The van der Waals surface area contributed by atoms with Gasteiger partial charge in [-0.3, -0.25) is 14.2 Å². The molecule has 23 heavy (non-hydrogen) atoms. The van der Waals surface area contributed by atoms with E-state index in [4.69, 9.17) is 13.0 Å².